The second kappa shape index (κ2) is 9.64. The van der Waals surface area contributed by atoms with E-state index in [0.29, 0.717) is 0 Å². The Morgan fingerprint density at radius 3 is 2.21 bits per heavy atom. The molecule has 104 valence electrons. The fourth-order valence-corrected chi connectivity index (χ4v) is 0.729. The molecule has 1 aliphatic carbocycles. The minimum Gasteiger partial charge on any atom is -0.478 e. The van der Waals surface area contributed by atoms with Crippen molar-refractivity contribution < 1.29 is 29.0 Å². The van der Waals surface area contributed by atoms with Gasteiger partial charge in [-0.05, 0) is 12.8 Å². The van der Waals surface area contributed by atoms with Crippen molar-refractivity contribution >= 4 is 17.9 Å². The highest BCUT2D eigenvalue weighted by Gasteiger charge is 2.24. The van der Waals surface area contributed by atoms with Crippen LogP contribution < -0.4 is 0 Å². The number of rotatable bonds is 6. The van der Waals surface area contributed by atoms with Crippen LogP contribution in [0, 0.1) is 0 Å². The summed E-state index contributed by atoms with van der Waals surface area (Å²) in [6.45, 7) is 6.81. The zero-order valence-corrected chi connectivity index (χ0v) is 10.4. The first-order valence-corrected chi connectivity index (χ1v) is 5.51. The molecule has 0 unspecified atom stereocenters. The molecule has 0 heterocycles. The third-order valence-electron chi connectivity index (χ3n) is 1.68. The molecule has 1 N–H and O–H groups in total. The van der Waals surface area contributed by atoms with Crippen LogP contribution in [0.4, 0.5) is 0 Å². The lowest BCUT2D eigenvalue weighted by atomic mass is 10.5. The van der Waals surface area contributed by atoms with E-state index in [2.05, 4.69) is 17.9 Å². The summed E-state index contributed by atoms with van der Waals surface area (Å²) >= 11 is 0. The molecule has 1 fully saturated rings. The Kier molecular flexibility index (Phi) is 8.44. The third-order valence-corrected chi connectivity index (χ3v) is 1.68. The first-order valence-electron chi connectivity index (χ1n) is 5.51. The van der Waals surface area contributed by atoms with E-state index in [4.69, 9.17) is 9.84 Å². The monoisotopic (exact) mass is 268 g/mol. The van der Waals surface area contributed by atoms with Gasteiger partial charge in [-0.3, -0.25) is 0 Å². The molecule has 0 aromatic rings. The normalized spacial score (nSPS) is 12.8. The Labute approximate surface area is 111 Å². The summed E-state index contributed by atoms with van der Waals surface area (Å²) < 4.78 is 9.19. The summed E-state index contributed by atoms with van der Waals surface area (Å²) in [5.74, 6) is -2.13. The predicted molar refractivity (Wildman–Crippen MR) is 67.2 cm³/mol. The summed E-state index contributed by atoms with van der Waals surface area (Å²) in [5.41, 5.74) is 0. The molecular formula is C13H16O6. The van der Waals surface area contributed by atoms with Crippen LogP contribution in [0.3, 0.4) is 0 Å². The average Bonchev–Trinajstić information content (AvgIpc) is 3.18. The lowest BCUT2D eigenvalue weighted by molar-refractivity contribution is -0.139. The topological polar surface area (TPSA) is 89.9 Å². The summed E-state index contributed by atoms with van der Waals surface area (Å²) in [4.78, 5) is 30.7. The molecular weight excluding hydrogens is 252 g/mol. The first kappa shape index (κ1) is 16.6. The summed E-state index contributed by atoms with van der Waals surface area (Å²) in [6.07, 6.45) is 6.12. The van der Waals surface area contributed by atoms with Crippen molar-refractivity contribution in [2.45, 2.75) is 18.9 Å². The maximum Gasteiger partial charge on any atom is 0.331 e. The standard InChI is InChI=1S/C7H8O4.C6H8O2/c8-6(9)3-4-7(10)11-5-1-2-5;1-3-5-8-6(7)4-2/h3-5H,1-2H2,(H,8,9);3-4H,1-2,5H2/b4-3-;. The minimum absolute atomic E-state index is 0.0287. The Morgan fingerprint density at radius 1 is 1.16 bits per heavy atom. The number of aliphatic carboxylic acids is 1. The van der Waals surface area contributed by atoms with E-state index in [1.165, 1.54) is 6.08 Å². The highest BCUT2D eigenvalue weighted by atomic mass is 16.5. The van der Waals surface area contributed by atoms with Crippen LogP contribution in [0.25, 0.3) is 0 Å². The van der Waals surface area contributed by atoms with Gasteiger partial charge in [0.1, 0.15) is 12.7 Å². The zero-order valence-electron chi connectivity index (χ0n) is 10.4. The van der Waals surface area contributed by atoms with Gasteiger partial charge in [0.15, 0.2) is 0 Å². The van der Waals surface area contributed by atoms with Gasteiger partial charge in [-0.1, -0.05) is 19.2 Å². The molecule has 0 spiro atoms. The summed E-state index contributed by atoms with van der Waals surface area (Å²) in [7, 11) is 0. The number of hydrogen-bond acceptors (Lipinski definition) is 5. The Morgan fingerprint density at radius 2 is 1.79 bits per heavy atom. The Balaban J connectivity index is 0.000000362. The van der Waals surface area contributed by atoms with Gasteiger partial charge >= 0.3 is 17.9 Å². The van der Waals surface area contributed by atoms with E-state index in [0.717, 1.165) is 31.1 Å². The van der Waals surface area contributed by atoms with Gasteiger partial charge in [-0.15, -0.1) is 0 Å². The van der Waals surface area contributed by atoms with Gasteiger partial charge < -0.3 is 14.6 Å². The van der Waals surface area contributed by atoms with Crippen molar-refractivity contribution in [2.24, 2.45) is 0 Å². The number of ether oxygens (including phenoxy) is 2. The fraction of sp³-hybridized carbons (Fsp3) is 0.308. The van der Waals surface area contributed by atoms with Crippen molar-refractivity contribution in [3.63, 3.8) is 0 Å². The van der Waals surface area contributed by atoms with E-state index in [9.17, 15) is 14.4 Å². The first-order chi connectivity index (χ1) is 8.99. The molecule has 0 saturated heterocycles. The number of carbonyl (C=O) groups is 3. The fourth-order valence-electron chi connectivity index (χ4n) is 0.729. The Hall–Kier alpha value is -2.37. The lowest BCUT2D eigenvalue weighted by Gasteiger charge is -1.94. The number of carboxylic acid groups (broad SMARTS) is 1. The second-order valence-corrected chi connectivity index (χ2v) is 3.43. The van der Waals surface area contributed by atoms with Crippen LogP contribution >= 0.6 is 0 Å². The summed E-state index contributed by atoms with van der Waals surface area (Å²) in [6, 6.07) is 0. The van der Waals surface area contributed by atoms with E-state index in [1.807, 2.05) is 0 Å². The number of carboxylic acids is 1. The number of esters is 2. The maximum atomic E-state index is 10.6. The molecule has 0 aromatic heterocycles. The molecule has 0 bridgehead atoms. The molecule has 0 aromatic carbocycles. The smallest absolute Gasteiger partial charge is 0.331 e. The average molecular weight is 268 g/mol. The van der Waals surface area contributed by atoms with Crippen molar-refractivity contribution in [3.05, 3.63) is 37.5 Å². The maximum absolute atomic E-state index is 10.6. The van der Waals surface area contributed by atoms with E-state index in [1.54, 1.807) is 0 Å². The van der Waals surface area contributed by atoms with Crippen LogP contribution in [0.15, 0.2) is 37.5 Å². The number of carbonyl (C=O) groups excluding carboxylic acids is 2. The molecule has 6 heteroatoms. The van der Waals surface area contributed by atoms with E-state index in [-0.39, 0.29) is 12.7 Å². The molecule has 0 radical (unpaired) electrons. The van der Waals surface area contributed by atoms with Crippen LogP contribution in [-0.4, -0.2) is 35.7 Å². The van der Waals surface area contributed by atoms with Crippen molar-refractivity contribution in [2.75, 3.05) is 6.61 Å². The molecule has 0 aliphatic heterocycles. The van der Waals surface area contributed by atoms with Gasteiger partial charge in [0.25, 0.3) is 0 Å². The van der Waals surface area contributed by atoms with Crippen molar-refractivity contribution in [1.29, 1.82) is 0 Å². The molecule has 1 rings (SSSR count). The third kappa shape index (κ3) is 11.9. The lowest BCUT2D eigenvalue weighted by Crippen LogP contribution is -2.02. The van der Waals surface area contributed by atoms with Gasteiger partial charge in [-0.2, -0.15) is 0 Å². The highest BCUT2D eigenvalue weighted by molar-refractivity contribution is 5.90. The molecule has 6 nitrogen and oxygen atoms in total. The van der Waals surface area contributed by atoms with Gasteiger partial charge in [0.2, 0.25) is 0 Å². The molecule has 1 saturated carbocycles. The van der Waals surface area contributed by atoms with Crippen molar-refractivity contribution in [3.8, 4) is 0 Å². The minimum atomic E-state index is -1.14. The predicted octanol–water partition coefficient (Wildman–Crippen LogP) is 1.23. The van der Waals surface area contributed by atoms with E-state index < -0.39 is 17.9 Å². The molecule has 0 amide bonds. The van der Waals surface area contributed by atoms with E-state index >= 15 is 0 Å². The van der Waals surface area contributed by atoms with Crippen LogP contribution in [0.5, 0.6) is 0 Å². The van der Waals surface area contributed by atoms with Gasteiger partial charge in [0, 0.05) is 18.2 Å². The Bertz CT molecular complexity index is 379. The molecule has 1 aliphatic rings. The van der Waals surface area contributed by atoms with Crippen LogP contribution in [0.2, 0.25) is 0 Å². The second-order valence-electron chi connectivity index (χ2n) is 3.43. The van der Waals surface area contributed by atoms with Crippen molar-refractivity contribution in [1.82, 2.24) is 0 Å². The zero-order chi connectivity index (χ0) is 14.7. The quantitative estimate of drug-likeness (QED) is 0.443. The van der Waals surface area contributed by atoms with Crippen LogP contribution in [0.1, 0.15) is 12.8 Å². The van der Waals surface area contributed by atoms with Crippen LogP contribution in [-0.2, 0) is 23.9 Å². The van der Waals surface area contributed by atoms with Gasteiger partial charge in [-0.25, -0.2) is 14.4 Å². The highest BCUT2D eigenvalue weighted by Crippen LogP contribution is 2.23. The van der Waals surface area contributed by atoms with Gasteiger partial charge in [0.05, 0.1) is 0 Å². The largest absolute Gasteiger partial charge is 0.478 e. The summed E-state index contributed by atoms with van der Waals surface area (Å²) in [5, 5.41) is 8.12. The number of hydrogen-bond donors (Lipinski definition) is 1. The molecule has 0 atom stereocenters. The molecule has 19 heavy (non-hydrogen) atoms. The SMILES string of the molecule is C=CCOC(=O)C=C.O=C(O)/C=C\C(=O)OC1CC1.